The van der Waals surface area contributed by atoms with Gasteiger partial charge in [-0.25, -0.2) is 0 Å². The number of benzene rings is 1. The Morgan fingerprint density at radius 2 is 1.95 bits per heavy atom. The van der Waals surface area contributed by atoms with Gasteiger partial charge in [-0.05, 0) is 24.8 Å². The zero-order valence-electron chi connectivity index (χ0n) is 10.9. The van der Waals surface area contributed by atoms with Gasteiger partial charge in [0.25, 0.3) is 0 Å². The second-order valence-electron chi connectivity index (χ2n) is 4.67. The number of nitrogens with two attached hydrogens (primary N) is 1. The van der Waals surface area contributed by atoms with Crippen LogP contribution in [0.5, 0.6) is 11.5 Å². The third kappa shape index (κ3) is 3.93. The van der Waals surface area contributed by atoms with E-state index in [4.69, 9.17) is 10.5 Å². The molecule has 0 unspecified atom stereocenters. The molecule has 0 amide bonds. The number of hydrogen-bond acceptors (Lipinski definition) is 3. The molecule has 2 rings (SSSR count). The van der Waals surface area contributed by atoms with Gasteiger partial charge in [0.1, 0.15) is 11.5 Å². The second-order valence-corrected chi connectivity index (χ2v) is 4.67. The first kappa shape index (κ1) is 16.9. The Morgan fingerprint density at radius 3 is 2.40 bits per heavy atom. The summed E-state index contributed by atoms with van der Waals surface area (Å²) < 4.78 is 45.4. The zero-order valence-corrected chi connectivity index (χ0v) is 11.8. The van der Waals surface area contributed by atoms with E-state index in [0.29, 0.717) is 11.7 Å². The van der Waals surface area contributed by atoms with Gasteiger partial charge in [0.15, 0.2) is 0 Å². The van der Waals surface area contributed by atoms with Gasteiger partial charge in [0.2, 0.25) is 0 Å². The Kier molecular flexibility index (Phi) is 5.53. The maximum Gasteiger partial charge on any atom is 0.573 e. The number of methoxy groups -OCH3 is 1. The third-order valence-corrected chi connectivity index (χ3v) is 3.46. The number of hydrogen-bond donors (Lipinski definition) is 1. The second kappa shape index (κ2) is 6.54. The topological polar surface area (TPSA) is 44.5 Å². The maximum absolute atomic E-state index is 12.1. The molecule has 0 bridgehead atoms. The molecule has 1 aliphatic rings. The van der Waals surface area contributed by atoms with E-state index < -0.39 is 6.36 Å². The van der Waals surface area contributed by atoms with Crippen LogP contribution in [0, 0.1) is 5.92 Å². The number of ether oxygens (including phenoxy) is 2. The first-order chi connectivity index (χ1) is 8.90. The predicted molar refractivity (Wildman–Crippen MR) is 71.2 cm³/mol. The molecule has 114 valence electrons. The van der Waals surface area contributed by atoms with Gasteiger partial charge in [-0.2, -0.15) is 0 Å². The smallest absolute Gasteiger partial charge is 0.496 e. The molecule has 0 heterocycles. The number of rotatable bonds is 4. The van der Waals surface area contributed by atoms with Gasteiger partial charge in [0, 0.05) is 17.7 Å². The van der Waals surface area contributed by atoms with Crippen molar-refractivity contribution in [1.29, 1.82) is 0 Å². The molecular formula is C13H17ClF3NO2. The minimum atomic E-state index is -4.71. The van der Waals surface area contributed by atoms with Crippen molar-refractivity contribution < 1.29 is 22.6 Å². The van der Waals surface area contributed by atoms with Gasteiger partial charge in [-0.1, -0.05) is 12.5 Å². The fourth-order valence-corrected chi connectivity index (χ4v) is 2.22. The van der Waals surface area contributed by atoms with E-state index in [0.717, 1.165) is 24.8 Å². The molecule has 1 fully saturated rings. The Morgan fingerprint density at radius 1 is 1.30 bits per heavy atom. The first-order valence-corrected chi connectivity index (χ1v) is 6.10. The lowest BCUT2D eigenvalue weighted by atomic mass is 9.77. The van der Waals surface area contributed by atoms with E-state index in [1.165, 1.54) is 19.2 Å². The van der Waals surface area contributed by atoms with E-state index in [1.54, 1.807) is 6.07 Å². The molecule has 7 heteroatoms. The average molecular weight is 312 g/mol. The molecule has 0 spiro atoms. The highest BCUT2D eigenvalue weighted by Crippen LogP contribution is 2.40. The monoisotopic (exact) mass is 311 g/mol. The highest BCUT2D eigenvalue weighted by atomic mass is 35.5. The fraction of sp³-hybridized carbons (Fsp3) is 0.538. The SMILES string of the molecule is COc1cc(OC(F)(F)F)ccc1[C@H](N)C1CCC1.Cl. The Balaban J connectivity index is 0.00000200. The van der Waals surface area contributed by atoms with Gasteiger partial charge in [-0.15, -0.1) is 25.6 Å². The standard InChI is InChI=1S/C13H16F3NO2.ClH/c1-18-11-7-9(19-13(14,15)16)5-6-10(11)12(17)8-3-2-4-8;/h5-8,12H,2-4,17H2,1H3;1H/t12-;/m1./s1. The number of alkyl halides is 3. The Hall–Kier alpha value is -1.14. The summed E-state index contributed by atoms with van der Waals surface area (Å²) in [5.74, 6) is 0.415. The molecule has 1 atom stereocenters. The van der Waals surface area contributed by atoms with Crippen LogP contribution < -0.4 is 15.2 Å². The van der Waals surface area contributed by atoms with Crippen molar-refractivity contribution in [2.75, 3.05) is 7.11 Å². The van der Waals surface area contributed by atoms with E-state index in [1.807, 2.05) is 0 Å². The van der Waals surface area contributed by atoms with Crippen LogP contribution in [0.2, 0.25) is 0 Å². The minimum absolute atomic E-state index is 0. The van der Waals surface area contributed by atoms with Crippen molar-refractivity contribution in [2.45, 2.75) is 31.7 Å². The molecule has 1 aromatic carbocycles. The molecule has 0 aliphatic heterocycles. The fourth-order valence-electron chi connectivity index (χ4n) is 2.22. The van der Waals surface area contributed by atoms with E-state index in [2.05, 4.69) is 4.74 Å². The quantitative estimate of drug-likeness (QED) is 0.919. The van der Waals surface area contributed by atoms with Crippen molar-refractivity contribution in [1.82, 2.24) is 0 Å². The predicted octanol–water partition coefficient (Wildman–Crippen LogP) is 3.82. The van der Waals surface area contributed by atoms with Crippen LogP contribution in [0.25, 0.3) is 0 Å². The molecule has 1 saturated carbocycles. The first-order valence-electron chi connectivity index (χ1n) is 6.10. The normalized spacial score (nSPS) is 16.9. The van der Waals surface area contributed by atoms with Crippen molar-refractivity contribution in [3.8, 4) is 11.5 Å². The molecule has 2 N–H and O–H groups in total. The molecule has 20 heavy (non-hydrogen) atoms. The summed E-state index contributed by atoms with van der Waals surface area (Å²) in [7, 11) is 1.41. The van der Waals surface area contributed by atoms with E-state index >= 15 is 0 Å². The van der Waals surface area contributed by atoms with Crippen molar-refractivity contribution >= 4 is 12.4 Å². The van der Waals surface area contributed by atoms with E-state index in [-0.39, 0.29) is 24.2 Å². The summed E-state index contributed by atoms with van der Waals surface area (Å²) >= 11 is 0. The van der Waals surface area contributed by atoms with Gasteiger partial charge >= 0.3 is 6.36 Å². The lowest BCUT2D eigenvalue weighted by Crippen LogP contribution is -2.27. The summed E-state index contributed by atoms with van der Waals surface area (Å²) in [6.07, 6.45) is -1.46. The summed E-state index contributed by atoms with van der Waals surface area (Å²) in [4.78, 5) is 0. The van der Waals surface area contributed by atoms with Crippen LogP contribution in [-0.2, 0) is 0 Å². The van der Waals surface area contributed by atoms with Crippen LogP contribution in [-0.4, -0.2) is 13.5 Å². The van der Waals surface area contributed by atoms with Gasteiger partial charge in [-0.3, -0.25) is 0 Å². The number of halogens is 4. The molecule has 1 aromatic rings. The van der Waals surface area contributed by atoms with E-state index in [9.17, 15) is 13.2 Å². The van der Waals surface area contributed by atoms with Crippen LogP contribution in [0.4, 0.5) is 13.2 Å². The summed E-state index contributed by atoms with van der Waals surface area (Å²) in [5, 5.41) is 0. The zero-order chi connectivity index (χ0) is 14.0. The molecule has 0 radical (unpaired) electrons. The highest BCUT2D eigenvalue weighted by Gasteiger charge is 2.32. The Bertz CT molecular complexity index is 450. The summed E-state index contributed by atoms with van der Waals surface area (Å²) in [6.45, 7) is 0. The van der Waals surface area contributed by atoms with Crippen LogP contribution in [0.3, 0.4) is 0 Å². The molecule has 1 aliphatic carbocycles. The van der Waals surface area contributed by atoms with Crippen LogP contribution in [0.1, 0.15) is 30.9 Å². The third-order valence-electron chi connectivity index (χ3n) is 3.46. The average Bonchev–Trinajstić information content (AvgIpc) is 2.24. The lowest BCUT2D eigenvalue weighted by molar-refractivity contribution is -0.274. The van der Waals surface area contributed by atoms with Gasteiger partial charge in [0.05, 0.1) is 7.11 Å². The summed E-state index contributed by atoms with van der Waals surface area (Å²) in [5.41, 5.74) is 6.83. The Labute approximate surface area is 121 Å². The molecular weight excluding hydrogens is 295 g/mol. The van der Waals surface area contributed by atoms with Crippen molar-refractivity contribution in [3.63, 3.8) is 0 Å². The summed E-state index contributed by atoms with van der Waals surface area (Å²) in [6, 6.07) is 3.83. The highest BCUT2D eigenvalue weighted by molar-refractivity contribution is 5.85. The minimum Gasteiger partial charge on any atom is -0.496 e. The molecule has 3 nitrogen and oxygen atoms in total. The molecule has 0 aromatic heterocycles. The van der Waals surface area contributed by atoms with Crippen molar-refractivity contribution in [3.05, 3.63) is 23.8 Å². The lowest BCUT2D eigenvalue weighted by Gasteiger charge is -2.32. The molecule has 0 saturated heterocycles. The van der Waals surface area contributed by atoms with Crippen LogP contribution in [0.15, 0.2) is 18.2 Å². The largest absolute Gasteiger partial charge is 0.573 e. The van der Waals surface area contributed by atoms with Crippen molar-refractivity contribution in [2.24, 2.45) is 11.7 Å². The van der Waals surface area contributed by atoms with Gasteiger partial charge < -0.3 is 15.2 Å². The van der Waals surface area contributed by atoms with Crippen LogP contribution >= 0.6 is 12.4 Å². The maximum atomic E-state index is 12.1.